The Hall–Kier alpha value is -3.78. The van der Waals surface area contributed by atoms with Gasteiger partial charge in [-0.25, -0.2) is 9.69 Å². The van der Waals surface area contributed by atoms with Gasteiger partial charge >= 0.3 is 5.97 Å². The zero-order valence-corrected chi connectivity index (χ0v) is 16.5. The number of hydrogen-bond acceptors (Lipinski definition) is 6. The van der Waals surface area contributed by atoms with E-state index in [0.717, 1.165) is 9.78 Å². The second-order valence-electron chi connectivity index (χ2n) is 6.47. The maximum absolute atomic E-state index is 12.6. The summed E-state index contributed by atoms with van der Waals surface area (Å²) in [5.74, 6) is -2.05. The van der Waals surface area contributed by atoms with E-state index in [4.69, 9.17) is 4.74 Å². The first kappa shape index (κ1) is 19.5. The zero-order chi connectivity index (χ0) is 21.1. The van der Waals surface area contributed by atoms with Crippen LogP contribution in [0.25, 0.3) is 0 Å². The van der Waals surface area contributed by atoms with Crippen LogP contribution in [0.1, 0.15) is 36.0 Å². The van der Waals surface area contributed by atoms with Crippen LogP contribution >= 0.6 is 11.3 Å². The summed E-state index contributed by atoms with van der Waals surface area (Å²) in [5, 5.41) is 4.57. The number of rotatable bonds is 6. The van der Waals surface area contributed by atoms with Gasteiger partial charge in [-0.1, -0.05) is 24.3 Å². The highest BCUT2D eigenvalue weighted by Gasteiger charge is 2.36. The van der Waals surface area contributed by atoms with Crippen LogP contribution in [0.15, 0.2) is 66.0 Å². The first-order chi connectivity index (χ1) is 14.5. The molecule has 0 fully saturated rings. The molecule has 1 aliphatic rings. The highest BCUT2D eigenvalue weighted by atomic mass is 32.1. The van der Waals surface area contributed by atoms with Gasteiger partial charge in [-0.2, -0.15) is 0 Å². The minimum Gasteiger partial charge on any atom is -0.452 e. The first-order valence-electron chi connectivity index (χ1n) is 9.08. The molecular formula is C22H16N2O5S. The van der Waals surface area contributed by atoms with Gasteiger partial charge < -0.3 is 10.1 Å². The van der Waals surface area contributed by atoms with Gasteiger partial charge in [0.1, 0.15) is 0 Å². The van der Waals surface area contributed by atoms with Gasteiger partial charge in [0, 0.05) is 4.88 Å². The molecule has 1 aliphatic heterocycles. The van der Waals surface area contributed by atoms with Crippen molar-refractivity contribution in [2.24, 2.45) is 0 Å². The number of benzene rings is 2. The fraction of sp³-hybridized carbons (Fsp3) is 0.0909. The van der Waals surface area contributed by atoms with Crippen LogP contribution in [0.3, 0.4) is 0 Å². The molecule has 0 unspecified atom stereocenters. The molecule has 2 heterocycles. The number of thiophene rings is 1. The predicted molar refractivity (Wildman–Crippen MR) is 110 cm³/mol. The number of carbonyl (C=O) groups excluding carboxylic acids is 4. The summed E-state index contributed by atoms with van der Waals surface area (Å²) in [7, 11) is 0. The van der Waals surface area contributed by atoms with E-state index in [1.54, 1.807) is 36.4 Å². The Bertz CT molecular complexity index is 1100. The Labute approximate surface area is 175 Å². The van der Waals surface area contributed by atoms with E-state index in [2.05, 4.69) is 5.32 Å². The van der Waals surface area contributed by atoms with Crippen molar-refractivity contribution in [3.05, 3.63) is 87.6 Å². The second kappa shape index (κ2) is 8.30. The van der Waals surface area contributed by atoms with Crippen molar-refractivity contribution >= 4 is 40.7 Å². The summed E-state index contributed by atoms with van der Waals surface area (Å²) in [6.45, 7) is -0.0648. The Morgan fingerprint density at radius 1 is 0.933 bits per heavy atom. The fourth-order valence-electron chi connectivity index (χ4n) is 3.06. The molecule has 30 heavy (non-hydrogen) atoms. The molecule has 0 bridgehead atoms. The van der Waals surface area contributed by atoms with Gasteiger partial charge in [0.05, 0.1) is 28.9 Å². The van der Waals surface area contributed by atoms with E-state index in [1.165, 1.54) is 23.5 Å². The molecule has 0 saturated heterocycles. The lowest BCUT2D eigenvalue weighted by Crippen LogP contribution is -2.30. The Balaban J connectivity index is 1.41. The Morgan fingerprint density at radius 2 is 1.67 bits per heavy atom. The van der Waals surface area contributed by atoms with E-state index < -0.39 is 30.3 Å². The lowest BCUT2D eigenvalue weighted by molar-refractivity contribution is -0.124. The second-order valence-corrected chi connectivity index (χ2v) is 7.51. The molecule has 3 aromatic rings. The number of anilines is 1. The number of esters is 1. The number of imide groups is 1. The van der Waals surface area contributed by atoms with Crippen LogP contribution in [0, 0.1) is 0 Å². The zero-order valence-electron chi connectivity index (χ0n) is 15.7. The molecule has 0 saturated carbocycles. The summed E-state index contributed by atoms with van der Waals surface area (Å²) in [4.78, 5) is 51.5. The number of fused-ring (bicyclic) bond motifs is 1. The largest absolute Gasteiger partial charge is 0.452 e. The third-order valence-electron chi connectivity index (χ3n) is 4.51. The minimum atomic E-state index is -0.722. The monoisotopic (exact) mass is 420 g/mol. The highest BCUT2D eigenvalue weighted by Crippen LogP contribution is 2.28. The van der Waals surface area contributed by atoms with Crippen molar-refractivity contribution in [1.82, 2.24) is 5.32 Å². The summed E-state index contributed by atoms with van der Waals surface area (Å²) >= 11 is 1.51. The summed E-state index contributed by atoms with van der Waals surface area (Å²) in [6.07, 6.45) is 0. The van der Waals surface area contributed by atoms with Crippen LogP contribution < -0.4 is 10.2 Å². The molecule has 3 amide bonds. The lowest BCUT2D eigenvalue weighted by Gasteiger charge is -2.14. The number of amides is 3. The van der Waals surface area contributed by atoms with Crippen LogP contribution in [0.5, 0.6) is 0 Å². The molecule has 0 atom stereocenters. The van der Waals surface area contributed by atoms with Crippen molar-refractivity contribution in [2.75, 3.05) is 11.5 Å². The number of carbonyl (C=O) groups is 4. The fourth-order valence-corrected chi connectivity index (χ4v) is 3.70. The third-order valence-corrected chi connectivity index (χ3v) is 5.38. The molecule has 8 heteroatoms. The molecule has 0 spiro atoms. The summed E-state index contributed by atoms with van der Waals surface area (Å²) < 4.78 is 5.06. The summed E-state index contributed by atoms with van der Waals surface area (Å²) in [5.41, 5.74) is 1.03. The van der Waals surface area contributed by atoms with Gasteiger partial charge in [0.25, 0.3) is 17.7 Å². The number of hydrogen-bond donors (Lipinski definition) is 1. The van der Waals surface area contributed by atoms with Gasteiger partial charge in [0.2, 0.25) is 0 Å². The lowest BCUT2D eigenvalue weighted by atomic mass is 10.1. The molecule has 4 rings (SSSR count). The van der Waals surface area contributed by atoms with Crippen molar-refractivity contribution in [1.29, 1.82) is 0 Å². The summed E-state index contributed by atoms with van der Waals surface area (Å²) in [6, 6.07) is 16.3. The Morgan fingerprint density at radius 3 is 2.33 bits per heavy atom. The van der Waals surface area contributed by atoms with Crippen molar-refractivity contribution in [3.8, 4) is 0 Å². The van der Waals surface area contributed by atoms with Crippen molar-refractivity contribution in [3.63, 3.8) is 0 Å². The smallest absolute Gasteiger partial charge is 0.338 e. The van der Waals surface area contributed by atoms with Crippen LogP contribution in [0.4, 0.5) is 5.69 Å². The predicted octanol–water partition coefficient (Wildman–Crippen LogP) is 3.02. The number of nitrogens with zero attached hydrogens (tertiary/aromatic N) is 1. The van der Waals surface area contributed by atoms with E-state index in [-0.39, 0.29) is 11.3 Å². The molecule has 1 N–H and O–H groups in total. The van der Waals surface area contributed by atoms with E-state index in [1.807, 2.05) is 17.5 Å². The topological polar surface area (TPSA) is 92.8 Å². The van der Waals surface area contributed by atoms with E-state index in [0.29, 0.717) is 17.7 Å². The average Bonchev–Trinajstić information content (AvgIpc) is 3.38. The van der Waals surface area contributed by atoms with Crippen LogP contribution in [0.2, 0.25) is 0 Å². The molecule has 1 aromatic heterocycles. The van der Waals surface area contributed by atoms with Gasteiger partial charge in [-0.3, -0.25) is 14.4 Å². The SMILES string of the molecule is O=C(COC(=O)c1cccc(N2C(=O)c3ccccc3C2=O)c1)NCc1cccs1. The van der Waals surface area contributed by atoms with Gasteiger partial charge in [-0.05, 0) is 41.8 Å². The van der Waals surface area contributed by atoms with Gasteiger partial charge in [-0.15, -0.1) is 11.3 Å². The number of ether oxygens (including phenoxy) is 1. The minimum absolute atomic E-state index is 0.134. The maximum Gasteiger partial charge on any atom is 0.338 e. The van der Waals surface area contributed by atoms with Gasteiger partial charge in [0.15, 0.2) is 6.61 Å². The van der Waals surface area contributed by atoms with Crippen molar-refractivity contribution < 1.29 is 23.9 Å². The maximum atomic E-state index is 12.6. The molecule has 0 aliphatic carbocycles. The van der Waals surface area contributed by atoms with E-state index >= 15 is 0 Å². The average molecular weight is 420 g/mol. The normalized spacial score (nSPS) is 12.6. The quantitative estimate of drug-likeness (QED) is 0.489. The molecular weight excluding hydrogens is 404 g/mol. The highest BCUT2D eigenvalue weighted by molar-refractivity contribution is 7.09. The standard InChI is InChI=1S/C22H16N2O5S/c25-19(23-12-16-7-4-10-30-16)13-29-22(28)14-5-3-6-15(11-14)24-20(26)17-8-1-2-9-18(17)21(24)27/h1-11H,12-13H2,(H,23,25). The first-order valence-corrected chi connectivity index (χ1v) is 9.96. The Kier molecular flexibility index (Phi) is 5.40. The number of nitrogens with one attached hydrogen (secondary N) is 1. The molecule has 7 nitrogen and oxygen atoms in total. The third kappa shape index (κ3) is 3.85. The molecule has 0 radical (unpaired) electrons. The molecule has 150 valence electrons. The van der Waals surface area contributed by atoms with E-state index in [9.17, 15) is 19.2 Å². The van der Waals surface area contributed by atoms with Crippen LogP contribution in [-0.2, 0) is 16.1 Å². The van der Waals surface area contributed by atoms with Crippen molar-refractivity contribution in [2.45, 2.75) is 6.54 Å². The molecule has 2 aromatic carbocycles. The van der Waals surface area contributed by atoms with Crippen LogP contribution in [-0.4, -0.2) is 30.3 Å².